The largest absolute Gasteiger partial charge is 0.383 e. The van der Waals surface area contributed by atoms with Gasteiger partial charge in [0.25, 0.3) is 0 Å². The maximum atomic E-state index is 13.6. The first-order valence-electron chi connectivity index (χ1n) is 7.78. The molecule has 0 spiro atoms. The number of hydrogen-bond donors (Lipinski definition) is 2. The summed E-state index contributed by atoms with van der Waals surface area (Å²) < 4.78 is 15.3. The standard InChI is InChI=1S/C18H14ClFN6/c1-9-23-13-8-12(20)6-7-14(13)26(9)17-15(16(21)24-18(22)25-17)10-2-4-11(19)5-3-10/h2-8H,1H3,(H4,21,22,24,25). The predicted molar refractivity (Wildman–Crippen MR) is 101 cm³/mol. The fraction of sp³-hybridized carbons (Fsp3) is 0.0556. The highest BCUT2D eigenvalue weighted by Gasteiger charge is 2.19. The maximum Gasteiger partial charge on any atom is 0.224 e. The molecular weight excluding hydrogens is 355 g/mol. The van der Waals surface area contributed by atoms with Crippen LogP contribution >= 0.6 is 11.6 Å². The van der Waals surface area contributed by atoms with Crippen LogP contribution < -0.4 is 11.5 Å². The third-order valence-corrected chi connectivity index (χ3v) is 4.32. The van der Waals surface area contributed by atoms with Crippen LogP contribution in [0.1, 0.15) is 5.82 Å². The smallest absolute Gasteiger partial charge is 0.224 e. The molecule has 0 saturated carbocycles. The number of aryl methyl sites for hydroxylation is 1. The van der Waals surface area contributed by atoms with E-state index >= 15 is 0 Å². The van der Waals surface area contributed by atoms with E-state index in [2.05, 4.69) is 15.0 Å². The van der Waals surface area contributed by atoms with Crippen LogP contribution in [-0.4, -0.2) is 19.5 Å². The molecule has 0 radical (unpaired) electrons. The summed E-state index contributed by atoms with van der Waals surface area (Å²) in [5.41, 5.74) is 14.6. The number of nitrogen functional groups attached to an aromatic ring is 2. The average Bonchev–Trinajstić information content (AvgIpc) is 2.90. The molecule has 0 fully saturated rings. The SMILES string of the molecule is Cc1nc2cc(F)ccc2n1-c1nc(N)nc(N)c1-c1ccc(Cl)cc1. The number of benzene rings is 2. The van der Waals surface area contributed by atoms with E-state index in [1.807, 2.05) is 12.1 Å². The van der Waals surface area contributed by atoms with Crippen LogP contribution in [-0.2, 0) is 0 Å². The van der Waals surface area contributed by atoms with Gasteiger partial charge in [-0.3, -0.25) is 4.57 Å². The van der Waals surface area contributed by atoms with E-state index in [1.54, 1.807) is 29.7 Å². The van der Waals surface area contributed by atoms with E-state index in [0.717, 1.165) is 5.56 Å². The highest BCUT2D eigenvalue weighted by Crippen LogP contribution is 2.34. The van der Waals surface area contributed by atoms with Crippen molar-refractivity contribution in [3.05, 3.63) is 59.1 Å². The van der Waals surface area contributed by atoms with Crippen molar-refractivity contribution >= 4 is 34.4 Å². The average molecular weight is 369 g/mol. The number of nitrogens with two attached hydrogens (primary N) is 2. The van der Waals surface area contributed by atoms with Gasteiger partial charge >= 0.3 is 0 Å². The Bertz CT molecular complexity index is 1140. The van der Waals surface area contributed by atoms with E-state index in [-0.39, 0.29) is 17.6 Å². The van der Waals surface area contributed by atoms with Crippen molar-refractivity contribution in [1.82, 2.24) is 19.5 Å². The van der Waals surface area contributed by atoms with Crippen molar-refractivity contribution in [2.24, 2.45) is 0 Å². The third kappa shape index (κ3) is 2.62. The lowest BCUT2D eigenvalue weighted by molar-refractivity contribution is 0.629. The Morgan fingerprint density at radius 3 is 2.46 bits per heavy atom. The zero-order valence-electron chi connectivity index (χ0n) is 13.7. The first kappa shape index (κ1) is 16.3. The lowest BCUT2D eigenvalue weighted by Crippen LogP contribution is -2.10. The quantitative estimate of drug-likeness (QED) is 0.561. The summed E-state index contributed by atoms with van der Waals surface area (Å²) >= 11 is 5.99. The Hall–Kier alpha value is -3.19. The molecule has 0 aliphatic heterocycles. The van der Waals surface area contributed by atoms with Gasteiger partial charge in [0.2, 0.25) is 5.95 Å². The van der Waals surface area contributed by atoms with E-state index in [1.165, 1.54) is 12.1 Å². The van der Waals surface area contributed by atoms with Crippen LogP contribution in [0, 0.1) is 12.7 Å². The number of rotatable bonds is 2. The van der Waals surface area contributed by atoms with Gasteiger partial charge in [-0.05, 0) is 36.8 Å². The molecule has 2 aromatic carbocycles. The Morgan fingerprint density at radius 2 is 1.73 bits per heavy atom. The molecule has 0 bridgehead atoms. The summed E-state index contributed by atoms with van der Waals surface area (Å²) in [6.07, 6.45) is 0. The number of anilines is 2. The minimum absolute atomic E-state index is 0.0403. The third-order valence-electron chi connectivity index (χ3n) is 4.06. The molecule has 4 rings (SSSR count). The molecule has 0 aliphatic rings. The first-order valence-corrected chi connectivity index (χ1v) is 8.16. The highest BCUT2D eigenvalue weighted by molar-refractivity contribution is 6.30. The molecule has 0 aliphatic carbocycles. The number of nitrogens with zero attached hydrogens (tertiary/aromatic N) is 4. The summed E-state index contributed by atoms with van der Waals surface area (Å²) in [7, 11) is 0. The fourth-order valence-electron chi connectivity index (χ4n) is 2.98. The molecule has 8 heteroatoms. The van der Waals surface area contributed by atoms with Crippen molar-refractivity contribution in [2.45, 2.75) is 6.92 Å². The van der Waals surface area contributed by atoms with Crippen molar-refractivity contribution in [2.75, 3.05) is 11.5 Å². The lowest BCUT2D eigenvalue weighted by Gasteiger charge is -2.14. The molecule has 4 N–H and O–H groups in total. The van der Waals surface area contributed by atoms with Gasteiger partial charge in [-0.1, -0.05) is 23.7 Å². The zero-order chi connectivity index (χ0) is 18.4. The van der Waals surface area contributed by atoms with Crippen LogP contribution in [0.25, 0.3) is 28.0 Å². The molecule has 2 heterocycles. The molecule has 0 atom stereocenters. The summed E-state index contributed by atoms with van der Waals surface area (Å²) in [6.45, 7) is 1.80. The topological polar surface area (TPSA) is 95.6 Å². The van der Waals surface area contributed by atoms with Crippen LogP contribution in [0.15, 0.2) is 42.5 Å². The molecule has 26 heavy (non-hydrogen) atoms. The van der Waals surface area contributed by atoms with Gasteiger partial charge in [0.05, 0.1) is 16.6 Å². The number of hydrogen-bond acceptors (Lipinski definition) is 5. The Kier molecular flexibility index (Phi) is 3.73. The Balaban J connectivity index is 2.06. The van der Waals surface area contributed by atoms with Crippen LogP contribution in [0.5, 0.6) is 0 Å². The summed E-state index contributed by atoms with van der Waals surface area (Å²) in [6, 6.07) is 11.5. The number of aromatic nitrogens is 4. The molecule has 2 aromatic heterocycles. The van der Waals surface area contributed by atoms with E-state index < -0.39 is 0 Å². The second kappa shape index (κ2) is 5.96. The van der Waals surface area contributed by atoms with Gasteiger partial charge in [0.15, 0.2) is 5.82 Å². The number of fused-ring (bicyclic) bond motifs is 1. The summed E-state index contributed by atoms with van der Waals surface area (Å²) in [5.74, 6) is 1.01. The number of imidazole rings is 1. The van der Waals surface area contributed by atoms with Crippen LogP contribution in [0.2, 0.25) is 5.02 Å². The molecule has 0 unspecified atom stereocenters. The van der Waals surface area contributed by atoms with E-state index in [9.17, 15) is 4.39 Å². The lowest BCUT2D eigenvalue weighted by atomic mass is 10.1. The molecular formula is C18H14ClFN6. The van der Waals surface area contributed by atoms with Gasteiger partial charge in [0.1, 0.15) is 17.5 Å². The normalized spacial score (nSPS) is 11.2. The Labute approximate surface area is 153 Å². The van der Waals surface area contributed by atoms with Crippen molar-refractivity contribution < 1.29 is 4.39 Å². The molecule has 6 nitrogen and oxygen atoms in total. The predicted octanol–water partition coefficient (Wildman–Crippen LogP) is 3.75. The van der Waals surface area contributed by atoms with Crippen molar-refractivity contribution in [3.8, 4) is 16.9 Å². The molecule has 0 saturated heterocycles. The minimum atomic E-state index is -0.359. The van der Waals surface area contributed by atoms with Gasteiger partial charge in [-0.25, -0.2) is 9.37 Å². The second-order valence-corrected chi connectivity index (χ2v) is 6.24. The minimum Gasteiger partial charge on any atom is -0.383 e. The molecule has 4 aromatic rings. The number of halogens is 2. The van der Waals surface area contributed by atoms with E-state index in [4.69, 9.17) is 23.1 Å². The van der Waals surface area contributed by atoms with Crippen molar-refractivity contribution in [1.29, 1.82) is 0 Å². The monoisotopic (exact) mass is 368 g/mol. The van der Waals surface area contributed by atoms with Gasteiger partial charge in [-0.15, -0.1) is 0 Å². The van der Waals surface area contributed by atoms with Crippen LogP contribution in [0.4, 0.5) is 16.2 Å². The summed E-state index contributed by atoms with van der Waals surface area (Å²) in [5, 5.41) is 0.602. The van der Waals surface area contributed by atoms with Gasteiger partial charge in [0, 0.05) is 11.1 Å². The molecule has 130 valence electrons. The first-order chi connectivity index (χ1) is 12.4. The second-order valence-electron chi connectivity index (χ2n) is 5.80. The Morgan fingerprint density at radius 1 is 1.00 bits per heavy atom. The van der Waals surface area contributed by atoms with Gasteiger partial charge in [-0.2, -0.15) is 9.97 Å². The van der Waals surface area contributed by atoms with Crippen molar-refractivity contribution in [3.63, 3.8) is 0 Å². The maximum absolute atomic E-state index is 13.6. The highest BCUT2D eigenvalue weighted by atomic mass is 35.5. The zero-order valence-corrected chi connectivity index (χ0v) is 14.5. The van der Waals surface area contributed by atoms with E-state index in [0.29, 0.717) is 33.3 Å². The summed E-state index contributed by atoms with van der Waals surface area (Å²) in [4.78, 5) is 12.9. The molecule has 0 amide bonds. The van der Waals surface area contributed by atoms with Crippen LogP contribution in [0.3, 0.4) is 0 Å². The fourth-order valence-corrected chi connectivity index (χ4v) is 3.11. The van der Waals surface area contributed by atoms with Gasteiger partial charge < -0.3 is 11.5 Å².